The largest absolute Gasteiger partial charge is 0.369 e. The molecule has 28 heavy (non-hydrogen) atoms. The van der Waals surface area contributed by atoms with Gasteiger partial charge in [0.25, 0.3) is 10.0 Å². The van der Waals surface area contributed by atoms with Crippen LogP contribution in [0.15, 0.2) is 38.8 Å². The maximum atomic E-state index is 12.8. The molecule has 2 aromatic rings. The predicted octanol–water partition coefficient (Wildman–Crippen LogP) is 3.48. The Hall–Kier alpha value is -1.33. The van der Waals surface area contributed by atoms with E-state index in [1.807, 2.05) is 0 Å². The lowest BCUT2D eigenvalue weighted by molar-refractivity contribution is 0.280. The first-order chi connectivity index (χ1) is 12.9. The molecule has 3 rings (SSSR count). The van der Waals surface area contributed by atoms with Crippen LogP contribution in [0.2, 0.25) is 5.02 Å². The van der Waals surface area contributed by atoms with Crippen LogP contribution in [0.4, 0.5) is 11.4 Å². The minimum Gasteiger partial charge on any atom is -0.369 e. The molecule has 0 unspecified atom stereocenters. The number of primary sulfonamides is 1. The van der Waals surface area contributed by atoms with E-state index in [1.165, 1.54) is 12.1 Å². The first-order valence-electron chi connectivity index (χ1n) is 8.58. The molecular formula is C17H22ClN3O4S3. The summed E-state index contributed by atoms with van der Waals surface area (Å²) in [5.41, 5.74) is 1.22. The predicted molar refractivity (Wildman–Crippen MR) is 113 cm³/mol. The molecule has 0 atom stereocenters. The van der Waals surface area contributed by atoms with Gasteiger partial charge in [-0.15, -0.1) is 11.3 Å². The van der Waals surface area contributed by atoms with Gasteiger partial charge >= 0.3 is 0 Å². The van der Waals surface area contributed by atoms with Crippen molar-refractivity contribution in [1.29, 1.82) is 0 Å². The lowest BCUT2D eigenvalue weighted by atomic mass is 9.82. The van der Waals surface area contributed by atoms with Gasteiger partial charge in [-0.3, -0.25) is 4.72 Å². The van der Waals surface area contributed by atoms with Gasteiger partial charge in [0, 0.05) is 13.1 Å². The average molecular weight is 464 g/mol. The Labute approximate surface area is 174 Å². The molecule has 3 N–H and O–H groups in total. The van der Waals surface area contributed by atoms with E-state index in [1.54, 1.807) is 18.2 Å². The maximum Gasteiger partial charge on any atom is 0.271 e. The van der Waals surface area contributed by atoms with Crippen LogP contribution in [0.1, 0.15) is 26.7 Å². The number of sulfonamides is 2. The third kappa shape index (κ3) is 4.62. The fourth-order valence-electron chi connectivity index (χ4n) is 3.05. The van der Waals surface area contributed by atoms with Gasteiger partial charge in [0.05, 0.1) is 16.4 Å². The van der Waals surface area contributed by atoms with Gasteiger partial charge in [-0.05, 0) is 42.5 Å². The van der Waals surface area contributed by atoms with Crippen molar-refractivity contribution in [3.05, 3.63) is 35.4 Å². The zero-order chi connectivity index (χ0) is 20.7. The molecule has 1 aliphatic rings. The molecule has 2 heterocycles. The molecule has 1 saturated heterocycles. The molecule has 0 saturated carbocycles. The van der Waals surface area contributed by atoms with E-state index in [-0.39, 0.29) is 13.8 Å². The second kappa shape index (κ2) is 7.49. The van der Waals surface area contributed by atoms with Gasteiger partial charge in [-0.2, -0.15) is 0 Å². The van der Waals surface area contributed by atoms with E-state index in [0.29, 0.717) is 27.7 Å². The first kappa shape index (κ1) is 21.4. The number of nitrogens with two attached hydrogens (primary N) is 1. The fraction of sp³-hybridized carbons (Fsp3) is 0.412. The van der Waals surface area contributed by atoms with Crippen LogP contribution in [-0.4, -0.2) is 29.9 Å². The van der Waals surface area contributed by atoms with Crippen LogP contribution in [0.3, 0.4) is 0 Å². The summed E-state index contributed by atoms with van der Waals surface area (Å²) in [6.07, 6.45) is 1.93. The van der Waals surface area contributed by atoms with E-state index < -0.39 is 20.0 Å². The molecule has 0 aliphatic carbocycles. The van der Waals surface area contributed by atoms with Crippen LogP contribution >= 0.6 is 22.9 Å². The highest BCUT2D eigenvalue weighted by atomic mass is 35.5. The third-order valence-corrected chi connectivity index (χ3v) is 9.45. The third-order valence-electron chi connectivity index (χ3n) is 4.77. The first-order valence-corrected chi connectivity index (χ1v) is 12.8. The highest BCUT2D eigenvalue weighted by molar-refractivity contribution is 7.96. The van der Waals surface area contributed by atoms with Crippen molar-refractivity contribution in [2.75, 3.05) is 22.7 Å². The van der Waals surface area contributed by atoms with Crippen molar-refractivity contribution in [2.24, 2.45) is 10.6 Å². The number of anilines is 2. The van der Waals surface area contributed by atoms with Crippen LogP contribution in [0.5, 0.6) is 0 Å². The monoisotopic (exact) mass is 463 g/mol. The quantitative estimate of drug-likeness (QED) is 0.705. The number of nitrogens with one attached hydrogen (secondary N) is 1. The second-order valence-electron chi connectivity index (χ2n) is 7.51. The average Bonchev–Trinajstić information content (AvgIpc) is 3.07. The normalized spacial score (nSPS) is 17.5. The van der Waals surface area contributed by atoms with Crippen molar-refractivity contribution in [2.45, 2.75) is 35.1 Å². The minimum absolute atomic E-state index is 0.137. The van der Waals surface area contributed by atoms with Crippen molar-refractivity contribution in [3.63, 3.8) is 0 Å². The van der Waals surface area contributed by atoms with Gasteiger partial charge in [0.2, 0.25) is 10.0 Å². The number of benzene rings is 1. The Morgan fingerprint density at radius 1 is 1.07 bits per heavy atom. The standard InChI is InChI=1S/C17H22ClN3O4S3/c1-17(2)8-10-21(11-9-17)16-12(18)4-3-5-13(16)20-28(24,25)15-7-6-14(26-15)27(19,22)23/h3-7,20H,8-11H2,1-2H3,(H2,19,22,23). The summed E-state index contributed by atoms with van der Waals surface area (Å²) in [5.74, 6) is 0. The molecule has 0 radical (unpaired) electrons. The summed E-state index contributed by atoms with van der Waals surface area (Å²) in [6.45, 7) is 5.95. The Morgan fingerprint density at radius 2 is 1.68 bits per heavy atom. The van der Waals surface area contributed by atoms with E-state index in [0.717, 1.165) is 25.9 Å². The van der Waals surface area contributed by atoms with Crippen molar-refractivity contribution >= 4 is 54.4 Å². The van der Waals surface area contributed by atoms with Crippen molar-refractivity contribution in [1.82, 2.24) is 0 Å². The summed E-state index contributed by atoms with van der Waals surface area (Å²) in [6, 6.07) is 7.44. The van der Waals surface area contributed by atoms with Gasteiger partial charge in [-0.25, -0.2) is 22.0 Å². The Morgan fingerprint density at radius 3 is 2.25 bits per heavy atom. The van der Waals surface area contributed by atoms with E-state index in [2.05, 4.69) is 23.5 Å². The Balaban J connectivity index is 1.92. The summed E-state index contributed by atoms with van der Waals surface area (Å²) in [4.78, 5) is 2.08. The molecule has 1 aromatic carbocycles. The zero-order valence-electron chi connectivity index (χ0n) is 15.5. The number of halogens is 1. The van der Waals surface area contributed by atoms with Gasteiger partial charge < -0.3 is 4.90 Å². The van der Waals surface area contributed by atoms with Crippen LogP contribution in [0.25, 0.3) is 0 Å². The van der Waals surface area contributed by atoms with Crippen molar-refractivity contribution < 1.29 is 16.8 Å². The number of piperidine rings is 1. The number of para-hydroxylation sites is 1. The molecule has 1 aliphatic heterocycles. The molecule has 0 spiro atoms. The highest BCUT2D eigenvalue weighted by Crippen LogP contribution is 2.40. The molecule has 0 bridgehead atoms. The molecule has 1 aromatic heterocycles. The molecule has 11 heteroatoms. The van der Waals surface area contributed by atoms with Crippen LogP contribution in [-0.2, 0) is 20.0 Å². The lowest BCUT2D eigenvalue weighted by Gasteiger charge is -2.39. The van der Waals surface area contributed by atoms with E-state index in [4.69, 9.17) is 16.7 Å². The molecule has 7 nitrogen and oxygen atoms in total. The number of rotatable bonds is 5. The summed E-state index contributed by atoms with van der Waals surface area (Å²) in [5, 5.41) is 5.53. The maximum absolute atomic E-state index is 12.8. The van der Waals surface area contributed by atoms with E-state index in [9.17, 15) is 16.8 Å². The van der Waals surface area contributed by atoms with Gasteiger partial charge in [-0.1, -0.05) is 31.5 Å². The lowest BCUT2D eigenvalue weighted by Crippen LogP contribution is -2.38. The number of hydrogen-bond acceptors (Lipinski definition) is 6. The fourth-order valence-corrected chi connectivity index (χ4v) is 6.60. The minimum atomic E-state index is -3.99. The number of hydrogen-bond donors (Lipinski definition) is 2. The zero-order valence-corrected chi connectivity index (χ0v) is 18.7. The summed E-state index contributed by atoms with van der Waals surface area (Å²) < 4.78 is 50.7. The molecule has 0 amide bonds. The summed E-state index contributed by atoms with van der Waals surface area (Å²) in [7, 11) is -7.95. The van der Waals surface area contributed by atoms with Crippen LogP contribution < -0.4 is 14.8 Å². The van der Waals surface area contributed by atoms with Crippen molar-refractivity contribution in [3.8, 4) is 0 Å². The number of thiophene rings is 1. The second-order valence-corrected chi connectivity index (χ2v) is 12.7. The summed E-state index contributed by atoms with van der Waals surface area (Å²) >= 11 is 7.00. The Kier molecular flexibility index (Phi) is 5.72. The molecule has 154 valence electrons. The smallest absolute Gasteiger partial charge is 0.271 e. The van der Waals surface area contributed by atoms with Gasteiger partial charge in [0.15, 0.2) is 0 Å². The van der Waals surface area contributed by atoms with E-state index >= 15 is 0 Å². The molecule has 1 fully saturated rings. The Bertz CT molecular complexity index is 1080. The number of nitrogens with zero attached hydrogens (tertiary/aromatic N) is 1. The SMILES string of the molecule is CC1(C)CCN(c2c(Cl)cccc2NS(=O)(=O)c2ccc(S(N)(=O)=O)s2)CC1. The van der Waals surface area contributed by atoms with Gasteiger partial charge in [0.1, 0.15) is 8.42 Å². The highest BCUT2D eigenvalue weighted by Gasteiger charge is 2.29. The topological polar surface area (TPSA) is 110 Å². The molecular weight excluding hydrogens is 442 g/mol. The van der Waals surface area contributed by atoms with Crippen LogP contribution in [0, 0.1) is 5.41 Å².